The largest absolute Gasteiger partial charge is 0.388 e. The number of aliphatic hydroxyl groups excluding tert-OH is 1. The van der Waals surface area contributed by atoms with Crippen LogP contribution in [0.2, 0.25) is 0 Å². The number of hydrogen-bond acceptors (Lipinski definition) is 3. The van der Waals surface area contributed by atoms with Gasteiger partial charge in [-0.05, 0) is 35.4 Å². The van der Waals surface area contributed by atoms with Crippen LogP contribution < -0.4 is 0 Å². The van der Waals surface area contributed by atoms with E-state index in [0.717, 1.165) is 22.3 Å². The minimum Gasteiger partial charge on any atom is -0.388 e. The quantitative estimate of drug-likeness (QED) is 0.795. The van der Waals surface area contributed by atoms with Gasteiger partial charge in [-0.1, -0.05) is 18.2 Å². The number of aromatic nitrogens is 2. The van der Waals surface area contributed by atoms with Crippen LogP contribution in [0, 0.1) is 6.92 Å². The average molecular weight is 272 g/mol. The third kappa shape index (κ3) is 2.29. The summed E-state index contributed by atoms with van der Waals surface area (Å²) in [5.41, 5.74) is 3.06. The van der Waals surface area contributed by atoms with Gasteiger partial charge < -0.3 is 5.11 Å². The van der Waals surface area contributed by atoms with Gasteiger partial charge in [0.15, 0.2) is 0 Å². The lowest BCUT2D eigenvalue weighted by atomic mass is 10.0. The second-order valence-electron chi connectivity index (χ2n) is 4.81. The molecule has 1 N–H and O–H groups in total. The summed E-state index contributed by atoms with van der Waals surface area (Å²) in [6, 6.07) is 10.2. The molecule has 1 atom stereocenters. The van der Waals surface area contributed by atoms with E-state index in [9.17, 15) is 5.11 Å². The van der Waals surface area contributed by atoms with Crippen molar-refractivity contribution in [3.05, 3.63) is 52.7 Å². The standard InChI is InChI=1S/C15H16N2OS/c1-10-7-11(17(2)16-10)8-14(18)13-9-19-15-6-4-3-5-12(13)15/h3-7,9,14,18H,8H2,1-2H3. The maximum atomic E-state index is 10.5. The highest BCUT2D eigenvalue weighted by Crippen LogP contribution is 2.31. The van der Waals surface area contributed by atoms with Crippen LogP contribution in [0.15, 0.2) is 35.7 Å². The van der Waals surface area contributed by atoms with E-state index in [1.165, 1.54) is 4.70 Å². The Labute approximate surface area is 116 Å². The van der Waals surface area contributed by atoms with Crippen LogP contribution in [-0.2, 0) is 13.5 Å². The molecule has 0 fully saturated rings. The Morgan fingerprint density at radius 3 is 2.89 bits per heavy atom. The van der Waals surface area contributed by atoms with Crippen molar-refractivity contribution in [2.75, 3.05) is 0 Å². The number of thiophene rings is 1. The van der Waals surface area contributed by atoms with Crippen molar-refractivity contribution >= 4 is 21.4 Å². The molecule has 0 saturated carbocycles. The van der Waals surface area contributed by atoms with Crippen molar-refractivity contribution < 1.29 is 5.11 Å². The number of aliphatic hydroxyl groups is 1. The van der Waals surface area contributed by atoms with Crippen molar-refractivity contribution in [1.82, 2.24) is 9.78 Å². The van der Waals surface area contributed by atoms with Crippen molar-refractivity contribution in [2.24, 2.45) is 7.05 Å². The van der Waals surface area contributed by atoms with Crippen molar-refractivity contribution in [3.63, 3.8) is 0 Å². The second-order valence-corrected chi connectivity index (χ2v) is 5.72. The normalized spacial score (nSPS) is 13.0. The smallest absolute Gasteiger partial charge is 0.0859 e. The zero-order valence-corrected chi connectivity index (χ0v) is 11.8. The molecule has 2 heterocycles. The molecule has 2 aromatic heterocycles. The van der Waals surface area contributed by atoms with Crippen LogP contribution in [0.25, 0.3) is 10.1 Å². The van der Waals surface area contributed by atoms with E-state index in [4.69, 9.17) is 0 Å². The molecule has 98 valence electrons. The summed E-state index contributed by atoms with van der Waals surface area (Å²) in [6.07, 6.45) is 0.115. The number of nitrogens with zero attached hydrogens (tertiary/aromatic N) is 2. The lowest BCUT2D eigenvalue weighted by molar-refractivity contribution is 0.177. The Kier molecular flexibility index (Phi) is 3.12. The SMILES string of the molecule is Cc1cc(CC(O)c2csc3ccccc23)n(C)n1. The van der Waals surface area contributed by atoms with Gasteiger partial charge in [0.05, 0.1) is 11.8 Å². The van der Waals surface area contributed by atoms with Crippen LogP contribution in [0.4, 0.5) is 0 Å². The van der Waals surface area contributed by atoms with E-state index in [1.54, 1.807) is 11.3 Å². The molecular weight excluding hydrogens is 256 g/mol. The molecule has 3 aromatic rings. The predicted octanol–water partition coefficient (Wildman–Crippen LogP) is 3.22. The number of rotatable bonds is 3. The number of hydrogen-bond donors (Lipinski definition) is 1. The topological polar surface area (TPSA) is 38.0 Å². The van der Waals surface area contributed by atoms with Crippen LogP contribution in [0.3, 0.4) is 0 Å². The molecule has 3 rings (SSSR count). The Balaban J connectivity index is 1.92. The van der Waals surface area contributed by atoms with Crippen molar-refractivity contribution in [1.29, 1.82) is 0 Å². The molecule has 0 aliphatic rings. The van der Waals surface area contributed by atoms with Crippen LogP contribution >= 0.6 is 11.3 Å². The lowest BCUT2D eigenvalue weighted by Crippen LogP contribution is -2.05. The molecule has 0 aliphatic heterocycles. The molecule has 19 heavy (non-hydrogen) atoms. The highest BCUT2D eigenvalue weighted by Gasteiger charge is 2.15. The lowest BCUT2D eigenvalue weighted by Gasteiger charge is -2.10. The van der Waals surface area contributed by atoms with Gasteiger partial charge in [0.2, 0.25) is 0 Å². The van der Waals surface area contributed by atoms with Crippen molar-refractivity contribution in [2.45, 2.75) is 19.4 Å². The Bertz CT molecular complexity index is 714. The fourth-order valence-electron chi connectivity index (χ4n) is 2.42. The molecule has 0 amide bonds. The molecule has 0 radical (unpaired) electrons. The summed E-state index contributed by atoms with van der Waals surface area (Å²) >= 11 is 1.68. The predicted molar refractivity (Wildman–Crippen MR) is 78.4 cm³/mol. The first-order chi connectivity index (χ1) is 9.15. The number of aryl methyl sites for hydroxylation is 2. The summed E-state index contributed by atoms with van der Waals surface area (Å²) in [5.74, 6) is 0. The average Bonchev–Trinajstić information content (AvgIpc) is 2.93. The molecule has 3 nitrogen and oxygen atoms in total. The number of benzene rings is 1. The first kappa shape index (κ1) is 12.4. The number of fused-ring (bicyclic) bond motifs is 1. The molecule has 0 aliphatic carbocycles. The Morgan fingerprint density at radius 2 is 2.16 bits per heavy atom. The van der Waals surface area contributed by atoms with Gasteiger partial charge in [0.25, 0.3) is 0 Å². The molecule has 1 aromatic carbocycles. The second kappa shape index (κ2) is 4.79. The summed E-state index contributed by atoms with van der Waals surface area (Å²) < 4.78 is 3.06. The molecule has 1 unspecified atom stereocenters. The van der Waals surface area contributed by atoms with Crippen LogP contribution in [0.5, 0.6) is 0 Å². The minimum atomic E-state index is -0.481. The summed E-state index contributed by atoms with van der Waals surface area (Å²) in [6.45, 7) is 1.97. The molecule has 0 saturated heterocycles. The molecule has 0 bridgehead atoms. The van der Waals surface area contributed by atoms with Crippen LogP contribution in [0.1, 0.15) is 23.1 Å². The zero-order valence-electron chi connectivity index (χ0n) is 11.0. The van der Waals surface area contributed by atoms with E-state index in [2.05, 4.69) is 22.6 Å². The van der Waals surface area contributed by atoms with E-state index < -0.39 is 6.10 Å². The van der Waals surface area contributed by atoms with Gasteiger partial charge in [-0.15, -0.1) is 11.3 Å². The van der Waals surface area contributed by atoms with Gasteiger partial charge in [-0.25, -0.2) is 0 Å². The van der Waals surface area contributed by atoms with Crippen LogP contribution in [-0.4, -0.2) is 14.9 Å². The fourth-order valence-corrected chi connectivity index (χ4v) is 3.43. The van der Waals surface area contributed by atoms with E-state index in [0.29, 0.717) is 6.42 Å². The van der Waals surface area contributed by atoms with Gasteiger partial charge >= 0.3 is 0 Å². The summed E-state index contributed by atoms with van der Waals surface area (Å²) in [4.78, 5) is 0. The fraction of sp³-hybridized carbons (Fsp3) is 0.267. The molecule has 0 spiro atoms. The summed E-state index contributed by atoms with van der Waals surface area (Å²) in [7, 11) is 1.92. The van der Waals surface area contributed by atoms with E-state index >= 15 is 0 Å². The maximum Gasteiger partial charge on any atom is 0.0859 e. The Hall–Kier alpha value is -1.65. The maximum absolute atomic E-state index is 10.5. The first-order valence-corrected chi connectivity index (χ1v) is 7.17. The minimum absolute atomic E-state index is 0.481. The highest BCUT2D eigenvalue weighted by atomic mass is 32.1. The van der Waals surface area contributed by atoms with Gasteiger partial charge in [-0.3, -0.25) is 4.68 Å². The highest BCUT2D eigenvalue weighted by molar-refractivity contribution is 7.17. The van der Waals surface area contributed by atoms with E-state index in [-0.39, 0.29) is 0 Å². The zero-order chi connectivity index (χ0) is 13.4. The third-order valence-corrected chi connectivity index (χ3v) is 4.35. The monoisotopic (exact) mass is 272 g/mol. The van der Waals surface area contributed by atoms with E-state index in [1.807, 2.05) is 36.9 Å². The first-order valence-electron chi connectivity index (χ1n) is 6.29. The van der Waals surface area contributed by atoms with Gasteiger partial charge in [0, 0.05) is 23.9 Å². The van der Waals surface area contributed by atoms with Gasteiger partial charge in [-0.2, -0.15) is 5.10 Å². The van der Waals surface area contributed by atoms with Gasteiger partial charge in [0.1, 0.15) is 0 Å². The Morgan fingerprint density at radius 1 is 1.37 bits per heavy atom. The van der Waals surface area contributed by atoms with Crippen molar-refractivity contribution in [3.8, 4) is 0 Å². The molecule has 4 heteroatoms. The summed E-state index contributed by atoms with van der Waals surface area (Å²) in [5, 5.41) is 18.0. The molecular formula is C15H16N2OS. The third-order valence-electron chi connectivity index (χ3n) is 3.37.